The third-order valence-electron chi connectivity index (χ3n) is 13.2. The van der Waals surface area contributed by atoms with Crippen LogP contribution in [0.15, 0.2) is 90.7 Å². The minimum absolute atomic E-state index is 0. The first-order chi connectivity index (χ1) is 33.3. The number of unbranched alkanes of at least 4 members (excludes halogenated alkanes) is 2. The summed E-state index contributed by atoms with van der Waals surface area (Å²) < 4.78 is 86.3. The summed E-state index contributed by atoms with van der Waals surface area (Å²) in [5, 5.41) is 75.3. The van der Waals surface area contributed by atoms with E-state index < -0.39 is 117 Å². The minimum Gasteiger partial charge on any atom is -0.748 e. The summed E-state index contributed by atoms with van der Waals surface area (Å²) in [4.78, 5) is 27.7. The fraction of sp³-hybridized carbons (Fsp3) is 0.521. The van der Waals surface area contributed by atoms with Gasteiger partial charge in [-0.2, -0.15) is 4.58 Å². The van der Waals surface area contributed by atoms with Gasteiger partial charge in [-0.15, -0.1) is 0 Å². The Morgan fingerprint density at radius 3 is 2.10 bits per heavy atom. The van der Waals surface area contributed by atoms with Crippen LogP contribution in [0.4, 0.5) is 11.4 Å². The number of allylic oxidation sites excluding steroid dienone is 8. The van der Waals surface area contributed by atoms with Crippen molar-refractivity contribution in [1.82, 2.24) is 5.32 Å². The molecule has 4 aliphatic rings. The number of nitrogens with one attached hydrogen (secondary N) is 1. The largest absolute Gasteiger partial charge is 1.00 e. The second-order valence-corrected chi connectivity index (χ2v) is 21.9. The Hall–Kier alpha value is -3.73. The molecular weight excluding hydrogens is 994 g/mol. The molecule has 24 heteroatoms. The minimum atomic E-state index is -4.46. The number of nitrogens with zero attached hydrogens (tertiary/aromatic N) is 2. The summed E-state index contributed by atoms with van der Waals surface area (Å²) in [6.45, 7) is 8.01. The number of anilines is 1. The smallest absolute Gasteiger partial charge is 0.748 e. The Morgan fingerprint density at radius 1 is 0.806 bits per heavy atom. The fourth-order valence-corrected chi connectivity index (χ4v) is 10.6. The van der Waals surface area contributed by atoms with Crippen LogP contribution in [0, 0.1) is 0 Å². The summed E-state index contributed by atoms with van der Waals surface area (Å²) in [5.41, 5.74) is 4.11. The van der Waals surface area contributed by atoms with E-state index >= 15 is 0 Å². The van der Waals surface area contributed by atoms with Crippen LogP contribution < -0.4 is 39.8 Å². The van der Waals surface area contributed by atoms with Gasteiger partial charge in [0.25, 0.3) is 5.91 Å². The van der Waals surface area contributed by atoms with Crippen LogP contribution in [-0.4, -0.2) is 176 Å². The van der Waals surface area contributed by atoms with Gasteiger partial charge in [-0.1, -0.05) is 62.4 Å². The van der Waals surface area contributed by atoms with Gasteiger partial charge in [-0.05, 0) is 62.9 Å². The van der Waals surface area contributed by atoms with E-state index in [2.05, 4.69) is 29.8 Å². The second kappa shape index (κ2) is 24.3. The first-order valence-corrected chi connectivity index (χ1v) is 26.2. The van der Waals surface area contributed by atoms with Crippen molar-refractivity contribution in [1.29, 1.82) is 0 Å². The number of benzene rings is 2. The molecule has 1 amide bonds. The standard InChI is InChI=1S/C48H63N3O18S2.Na/c1-47(2)29-16-10-11-17-31(29)50(22-12-14-24-70(61,62)63)34(47)18-8-6-5-7-9-19-35-48(3,4)30-26-28(20-21-32(30)51(35)23-13-15-25-71(64,65)66)43(57)49-36-41(37(53)33(27-52)67-45(36)60)68-46-40(56)38(54)39(55)42(69-46)44(58)59;/h5-11,16-21,26,33,36-42,45-46,52-56,60H,12-15,22-25,27H2,1-4H3,(H3-,49,57,58,59,61,62,63,64,65,66);/q;+1/p-1. The number of aliphatic hydroxyl groups excluding tert-OH is 6. The third kappa shape index (κ3) is 13.6. The molecule has 0 spiro atoms. The molecule has 6 rings (SSSR count). The monoisotopic (exact) mass is 1060 g/mol. The Bertz CT molecular complexity index is 2670. The zero-order valence-electron chi connectivity index (χ0n) is 40.6. The first-order valence-electron chi connectivity index (χ1n) is 23.1. The van der Waals surface area contributed by atoms with Gasteiger partial charge in [-0.3, -0.25) is 4.79 Å². The molecule has 2 aromatic rings. The van der Waals surface area contributed by atoms with E-state index in [0.717, 1.165) is 22.7 Å². The van der Waals surface area contributed by atoms with Crippen LogP contribution in [0.3, 0.4) is 0 Å². The van der Waals surface area contributed by atoms with Gasteiger partial charge in [0.15, 0.2) is 24.4 Å². The Kier molecular flexibility index (Phi) is 20.0. The van der Waals surface area contributed by atoms with Crippen LogP contribution in [0.2, 0.25) is 0 Å². The van der Waals surface area contributed by atoms with Crippen LogP contribution in [0.25, 0.3) is 0 Å². The van der Waals surface area contributed by atoms with Crippen molar-refractivity contribution >= 4 is 49.2 Å². The molecule has 8 N–H and O–H groups in total. The first kappa shape index (κ1) is 59.2. The van der Waals surface area contributed by atoms with Crippen LogP contribution >= 0.6 is 0 Å². The van der Waals surface area contributed by atoms with Gasteiger partial charge in [0.1, 0.15) is 49.2 Å². The van der Waals surface area contributed by atoms with Gasteiger partial charge >= 0.3 is 35.5 Å². The molecule has 21 nitrogen and oxygen atoms in total. The van der Waals surface area contributed by atoms with E-state index in [0.29, 0.717) is 37.2 Å². The van der Waals surface area contributed by atoms with Crippen LogP contribution in [0.5, 0.6) is 0 Å². The predicted octanol–water partition coefficient (Wildman–Crippen LogP) is -2.49. The van der Waals surface area contributed by atoms with Crippen molar-refractivity contribution in [3.05, 3.63) is 107 Å². The van der Waals surface area contributed by atoms with Crippen LogP contribution in [-0.2, 0) is 50.1 Å². The molecule has 0 saturated carbocycles. The van der Waals surface area contributed by atoms with E-state index in [4.69, 9.17) is 14.2 Å². The van der Waals surface area contributed by atoms with Gasteiger partial charge < -0.3 is 69.3 Å². The van der Waals surface area contributed by atoms with E-state index in [1.807, 2.05) is 79.5 Å². The van der Waals surface area contributed by atoms with Gasteiger partial charge in [-0.25, -0.2) is 21.6 Å². The summed E-state index contributed by atoms with van der Waals surface area (Å²) in [5.74, 6) is -3.50. The van der Waals surface area contributed by atoms with Gasteiger partial charge in [0.2, 0.25) is 5.69 Å². The van der Waals surface area contributed by atoms with Crippen molar-refractivity contribution in [3.8, 4) is 0 Å². The number of rotatable bonds is 20. The molecule has 4 aliphatic heterocycles. The topological polar surface area (TPSA) is 336 Å². The van der Waals surface area contributed by atoms with Gasteiger partial charge in [0, 0.05) is 64.5 Å². The number of ether oxygens (including phenoxy) is 3. The molecule has 4 heterocycles. The normalized spacial score (nSPS) is 28.7. The number of carbonyl (C=O) groups excluding carboxylic acids is 1. The molecule has 0 aromatic heterocycles. The maximum Gasteiger partial charge on any atom is 1.00 e. The van der Waals surface area contributed by atoms with E-state index in [1.54, 1.807) is 12.1 Å². The number of para-hydroxylation sites is 1. The number of aliphatic hydroxyl groups is 6. The predicted molar refractivity (Wildman–Crippen MR) is 254 cm³/mol. The molecule has 10 atom stereocenters. The SMILES string of the molecule is CC1(C)C(=CC=CC=CC=CC2=[N+](CCCCS(=O)(=O)[O-])c3ccccc3C2(C)C)N(CCCCS(=O)(=O)[O-])c2ccc(C(=O)NC3C(O)OC(CO)C(O)C3OC3OC(C(=O)O)C(O)C(O)C3O)cc21.[Na+]. The molecule has 390 valence electrons. The number of hydrogen-bond acceptors (Lipinski definition) is 18. The van der Waals surface area contributed by atoms with Crippen molar-refractivity contribution in [3.63, 3.8) is 0 Å². The number of hydrogen-bond donors (Lipinski definition) is 8. The summed E-state index contributed by atoms with van der Waals surface area (Å²) in [6, 6.07) is 11.1. The second-order valence-electron chi connectivity index (χ2n) is 18.9. The molecule has 0 bridgehead atoms. The zero-order valence-corrected chi connectivity index (χ0v) is 44.2. The third-order valence-corrected chi connectivity index (χ3v) is 14.8. The van der Waals surface area contributed by atoms with Crippen molar-refractivity contribution in [2.75, 3.05) is 36.1 Å². The van der Waals surface area contributed by atoms with Crippen LogP contribution in [0.1, 0.15) is 74.9 Å². The maximum absolute atomic E-state index is 14.0. The number of carbonyl (C=O) groups is 2. The Balaban J connectivity index is 0.00000963. The number of fused-ring (bicyclic) bond motifs is 2. The molecule has 0 aliphatic carbocycles. The Labute approximate surface area is 440 Å². The van der Waals surface area contributed by atoms with E-state index in [1.165, 1.54) is 6.07 Å². The number of carboxylic acids is 1. The average molecular weight is 1060 g/mol. The number of amides is 1. The number of aliphatic carboxylic acids is 1. The molecule has 10 unspecified atom stereocenters. The average Bonchev–Trinajstić information content (AvgIpc) is 3.64. The molecule has 2 fully saturated rings. The maximum atomic E-state index is 14.0. The number of carboxylic acid groups (broad SMARTS) is 1. The molecule has 72 heavy (non-hydrogen) atoms. The van der Waals surface area contributed by atoms with Crippen molar-refractivity contribution in [2.24, 2.45) is 0 Å². The van der Waals surface area contributed by atoms with Gasteiger partial charge in [0.05, 0.1) is 32.3 Å². The zero-order chi connectivity index (χ0) is 52.2. The quantitative estimate of drug-likeness (QED) is 0.0224. The van der Waals surface area contributed by atoms with Crippen molar-refractivity contribution in [2.45, 2.75) is 126 Å². The molecule has 2 saturated heterocycles. The fourth-order valence-electron chi connectivity index (χ4n) is 9.48. The van der Waals surface area contributed by atoms with Crippen molar-refractivity contribution < 1.29 is 120 Å². The summed E-state index contributed by atoms with van der Waals surface area (Å²) in [6.07, 6.45) is -3.08. The molecular formula is C48H62N3NaO18S2. The molecule has 0 radical (unpaired) electrons. The van der Waals surface area contributed by atoms with E-state index in [9.17, 15) is 71.3 Å². The Morgan fingerprint density at radius 2 is 1.44 bits per heavy atom. The molecule has 2 aromatic carbocycles. The summed E-state index contributed by atoms with van der Waals surface area (Å²) >= 11 is 0. The summed E-state index contributed by atoms with van der Waals surface area (Å²) in [7, 11) is -8.78. The van der Waals surface area contributed by atoms with E-state index in [-0.39, 0.29) is 53.4 Å².